The van der Waals surface area contributed by atoms with Crippen molar-refractivity contribution in [3.05, 3.63) is 30.1 Å². The molecule has 8 nitrogen and oxygen atoms in total. The number of benzene rings is 1. The van der Waals surface area contributed by atoms with Crippen molar-refractivity contribution in [1.82, 2.24) is 29.3 Å². The summed E-state index contributed by atoms with van der Waals surface area (Å²) in [5, 5.41) is 6.97. The number of aryl methyl sites for hydroxylation is 2. The first kappa shape index (κ1) is 21.0. The fourth-order valence-corrected chi connectivity index (χ4v) is 3.06. The smallest absolute Gasteiger partial charge is 0.166 e. The van der Waals surface area contributed by atoms with Crippen molar-refractivity contribution in [1.29, 1.82) is 0 Å². The minimum absolute atomic E-state index is 0.695. The third kappa shape index (κ3) is 5.02. The van der Waals surface area contributed by atoms with Gasteiger partial charge in [-0.25, -0.2) is 15.0 Å². The number of aromatic nitrogens is 4. The number of hydrogen-bond donors (Lipinski definition) is 2. The van der Waals surface area contributed by atoms with E-state index in [4.69, 9.17) is 9.97 Å². The number of nitrogens with zero attached hydrogens (tertiary/aromatic N) is 6. The lowest BCUT2D eigenvalue weighted by Gasteiger charge is -2.15. The molecule has 0 amide bonds. The molecule has 0 saturated heterocycles. The Kier molecular flexibility index (Phi) is 6.66. The average Bonchev–Trinajstić information content (AvgIpc) is 2.96. The summed E-state index contributed by atoms with van der Waals surface area (Å²) in [5.74, 6) is 2.39. The van der Waals surface area contributed by atoms with Gasteiger partial charge in [0.25, 0.3) is 0 Å². The van der Waals surface area contributed by atoms with Gasteiger partial charge in [-0.2, -0.15) is 0 Å². The normalized spacial score (nSPS) is 11.6. The van der Waals surface area contributed by atoms with E-state index in [2.05, 4.69) is 65.7 Å². The summed E-state index contributed by atoms with van der Waals surface area (Å²) in [4.78, 5) is 18.7. The van der Waals surface area contributed by atoms with Gasteiger partial charge in [0.05, 0.1) is 0 Å². The summed E-state index contributed by atoms with van der Waals surface area (Å²) < 4.78 is 2.01. The molecule has 0 spiro atoms. The van der Waals surface area contributed by atoms with Crippen molar-refractivity contribution < 1.29 is 0 Å². The van der Waals surface area contributed by atoms with Crippen LogP contribution in [0.2, 0.25) is 0 Å². The highest BCUT2D eigenvalue weighted by Crippen LogP contribution is 2.29. The highest BCUT2D eigenvalue weighted by Gasteiger charge is 2.17. The molecule has 2 N–H and O–H groups in total. The van der Waals surface area contributed by atoms with Gasteiger partial charge in [-0.15, -0.1) is 0 Å². The van der Waals surface area contributed by atoms with Crippen molar-refractivity contribution in [3.63, 3.8) is 0 Å². The van der Waals surface area contributed by atoms with E-state index in [9.17, 15) is 0 Å². The number of para-hydroxylation sites is 1. The summed E-state index contributed by atoms with van der Waals surface area (Å²) in [5.41, 5.74) is 3.67. The fourth-order valence-electron chi connectivity index (χ4n) is 3.06. The van der Waals surface area contributed by atoms with Crippen molar-refractivity contribution in [3.8, 4) is 11.4 Å². The second-order valence-corrected chi connectivity index (χ2v) is 7.79. The maximum Gasteiger partial charge on any atom is 0.166 e. The van der Waals surface area contributed by atoms with Crippen LogP contribution in [-0.4, -0.2) is 83.7 Å². The van der Waals surface area contributed by atoms with Gasteiger partial charge in [-0.3, -0.25) is 0 Å². The van der Waals surface area contributed by atoms with Gasteiger partial charge in [0.15, 0.2) is 22.8 Å². The molecule has 0 radical (unpaired) electrons. The third-order valence-electron chi connectivity index (χ3n) is 4.84. The number of imidazole rings is 1. The van der Waals surface area contributed by atoms with Crippen LogP contribution in [0.1, 0.15) is 5.82 Å². The monoisotopic (exact) mass is 396 g/mol. The SMILES string of the molecule is Cc1nc2c(NCCN(C)C)nc(-c3ccccc3NCCN(C)C)nc2n1C. The van der Waals surface area contributed by atoms with Crippen LogP contribution in [0, 0.1) is 6.92 Å². The summed E-state index contributed by atoms with van der Waals surface area (Å²) in [7, 11) is 10.3. The van der Waals surface area contributed by atoms with Crippen LogP contribution < -0.4 is 10.6 Å². The number of likely N-dealkylation sites (N-methyl/N-ethyl adjacent to an activating group) is 2. The first-order chi connectivity index (χ1) is 13.9. The molecule has 0 fully saturated rings. The predicted octanol–water partition coefficient (Wildman–Crippen LogP) is 2.29. The molecule has 0 unspecified atom stereocenters. The molecule has 156 valence electrons. The second-order valence-electron chi connectivity index (χ2n) is 7.79. The fraction of sp³-hybridized carbons (Fsp3) is 0.476. The minimum Gasteiger partial charge on any atom is -0.383 e. The number of anilines is 2. The van der Waals surface area contributed by atoms with E-state index in [0.717, 1.165) is 60.2 Å². The van der Waals surface area contributed by atoms with Gasteiger partial charge >= 0.3 is 0 Å². The second kappa shape index (κ2) is 9.19. The topological polar surface area (TPSA) is 74.1 Å². The zero-order valence-corrected chi connectivity index (χ0v) is 18.3. The van der Waals surface area contributed by atoms with E-state index in [-0.39, 0.29) is 0 Å². The number of fused-ring (bicyclic) bond motifs is 1. The maximum atomic E-state index is 4.86. The van der Waals surface area contributed by atoms with Crippen LogP contribution in [-0.2, 0) is 7.05 Å². The summed E-state index contributed by atoms with van der Waals surface area (Å²) in [6.45, 7) is 5.49. The van der Waals surface area contributed by atoms with Crippen molar-refractivity contribution >= 4 is 22.7 Å². The van der Waals surface area contributed by atoms with Crippen LogP contribution in [0.4, 0.5) is 11.5 Å². The Bertz CT molecular complexity index is 961. The van der Waals surface area contributed by atoms with E-state index in [1.807, 2.05) is 30.7 Å². The molecular formula is C21H32N8. The Morgan fingerprint density at radius 1 is 0.897 bits per heavy atom. The molecule has 0 aliphatic heterocycles. The third-order valence-corrected chi connectivity index (χ3v) is 4.84. The number of rotatable bonds is 9. The Labute approximate surface area is 173 Å². The zero-order valence-electron chi connectivity index (χ0n) is 18.3. The van der Waals surface area contributed by atoms with Crippen LogP contribution >= 0.6 is 0 Å². The molecule has 3 rings (SSSR count). The lowest BCUT2D eigenvalue weighted by atomic mass is 10.1. The van der Waals surface area contributed by atoms with Crippen molar-refractivity contribution in [2.75, 3.05) is 65.0 Å². The lowest BCUT2D eigenvalue weighted by Crippen LogP contribution is -2.21. The first-order valence-corrected chi connectivity index (χ1v) is 9.94. The Morgan fingerprint density at radius 2 is 1.55 bits per heavy atom. The largest absolute Gasteiger partial charge is 0.383 e. The van der Waals surface area contributed by atoms with Gasteiger partial charge in [-0.05, 0) is 47.2 Å². The lowest BCUT2D eigenvalue weighted by molar-refractivity contribution is 0.425. The van der Waals surface area contributed by atoms with Gasteiger partial charge in [0.2, 0.25) is 0 Å². The zero-order chi connectivity index (χ0) is 21.0. The standard InChI is InChI=1S/C21H32N8/c1-15-24-18-20(23-12-14-28(4)5)25-19(26-21(18)29(15)6)16-9-7-8-10-17(16)22-11-13-27(2)3/h7-10,22H,11-14H2,1-6H3,(H,23,25,26). The van der Waals surface area contributed by atoms with E-state index in [1.165, 1.54) is 0 Å². The molecule has 8 heteroatoms. The molecule has 3 aromatic rings. The predicted molar refractivity (Wildman–Crippen MR) is 121 cm³/mol. The van der Waals surface area contributed by atoms with E-state index < -0.39 is 0 Å². The minimum atomic E-state index is 0.695. The molecule has 0 aliphatic carbocycles. The number of nitrogens with one attached hydrogen (secondary N) is 2. The quantitative estimate of drug-likeness (QED) is 0.575. The first-order valence-electron chi connectivity index (χ1n) is 9.94. The Hall–Kier alpha value is -2.71. The van der Waals surface area contributed by atoms with Crippen molar-refractivity contribution in [2.24, 2.45) is 7.05 Å². The Morgan fingerprint density at radius 3 is 2.24 bits per heavy atom. The van der Waals surface area contributed by atoms with E-state index in [0.29, 0.717) is 5.82 Å². The van der Waals surface area contributed by atoms with Gasteiger partial charge in [0.1, 0.15) is 5.82 Å². The summed E-state index contributed by atoms with van der Waals surface area (Å²) >= 11 is 0. The highest BCUT2D eigenvalue weighted by molar-refractivity contribution is 5.87. The van der Waals surface area contributed by atoms with Gasteiger partial charge in [0, 0.05) is 44.5 Å². The molecule has 29 heavy (non-hydrogen) atoms. The van der Waals surface area contributed by atoms with Crippen LogP contribution in [0.25, 0.3) is 22.6 Å². The average molecular weight is 397 g/mol. The van der Waals surface area contributed by atoms with Gasteiger partial charge < -0.3 is 25.0 Å². The van der Waals surface area contributed by atoms with E-state index in [1.54, 1.807) is 0 Å². The molecule has 1 aromatic carbocycles. The molecule has 2 aromatic heterocycles. The summed E-state index contributed by atoms with van der Waals surface area (Å²) in [6, 6.07) is 8.19. The van der Waals surface area contributed by atoms with Crippen LogP contribution in [0.3, 0.4) is 0 Å². The van der Waals surface area contributed by atoms with Crippen molar-refractivity contribution in [2.45, 2.75) is 6.92 Å². The number of hydrogen-bond acceptors (Lipinski definition) is 7. The molecule has 0 aliphatic rings. The van der Waals surface area contributed by atoms with Gasteiger partial charge in [-0.1, -0.05) is 12.1 Å². The summed E-state index contributed by atoms with van der Waals surface area (Å²) in [6.07, 6.45) is 0. The maximum absolute atomic E-state index is 4.86. The highest BCUT2D eigenvalue weighted by atomic mass is 15.2. The molecule has 0 atom stereocenters. The van der Waals surface area contributed by atoms with Crippen LogP contribution in [0.15, 0.2) is 24.3 Å². The molecule has 2 heterocycles. The molecule has 0 saturated carbocycles. The molecular weight excluding hydrogens is 364 g/mol. The Balaban J connectivity index is 2.00. The van der Waals surface area contributed by atoms with Crippen LogP contribution in [0.5, 0.6) is 0 Å². The molecule has 0 bridgehead atoms. The van der Waals surface area contributed by atoms with E-state index >= 15 is 0 Å².